The van der Waals surface area contributed by atoms with Crippen LogP contribution < -0.4 is 5.32 Å². The van der Waals surface area contributed by atoms with Crippen LogP contribution in [0.15, 0.2) is 55.1 Å². The van der Waals surface area contributed by atoms with Crippen LogP contribution in [0.4, 0.5) is 11.8 Å². The zero-order valence-electron chi connectivity index (χ0n) is 16.0. The first-order valence-corrected chi connectivity index (χ1v) is 9.71. The van der Waals surface area contributed by atoms with Crippen LogP contribution in [0.5, 0.6) is 0 Å². The number of anilines is 2. The molecule has 5 rings (SSSR count). The van der Waals surface area contributed by atoms with Gasteiger partial charge >= 0.3 is 0 Å². The molecule has 0 aromatic carbocycles. The van der Waals surface area contributed by atoms with E-state index in [1.165, 1.54) is 0 Å². The summed E-state index contributed by atoms with van der Waals surface area (Å²) in [6, 6.07) is 9.88. The number of nitrogens with zero attached hydrogens (tertiary/aromatic N) is 7. The van der Waals surface area contributed by atoms with Gasteiger partial charge in [0.2, 0.25) is 5.95 Å². The van der Waals surface area contributed by atoms with Crippen molar-refractivity contribution in [3.05, 3.63) is 55.1 Å². The molecule has 0 bridgehead atoms. The number of ether oxygens (including phenoxy) is 1. The second-order valence-electron chi connectivity index (χ2n) is 6.92. The van der Waals surface area contributed by atoms with Crippen molar-refractivity contribution in [2.24, 2.45) is 0 Å². The standard InChI is InChI=1S/C20H22N8O/c1-2-16(14-21-6-1)18-4-3-17-15-22-20(25-28(17)18)23-19-5-7-27(24-19)9-8-26-10-12-29-13-11-26/h1-7,14-15H,8-13H2,(H,23,24,25). The summed E-state index contributed by atoms with van der Waals surface area (Å²) in [7, 11) is 0. The molecule has 0 saturated carbocycles. The lowest BCUT2D eigenvalue weighted by Gasteiger charge is -2.26. The molecule has 9 heteroatoms. The molecule has 1 fully saturated rings. The minimum atomic E-state index is 0.497. The van der Waals surface area contributed by atoms with Crippen LogP contribution in [0, 0.1) is 0 Å². The van der Waals surface area contributed by atoms with Gasteiger partial charge in [-0.15, -0.1) is 5.10 Å². The van der Waals surface area contributed by atoms with Gasteiger partial charge in [-0.1, -0.05) is 0 Å². The third-order valence-corrected chi connectivity index (χ3v) is 4.99. The summed E-state index contributed by atoms with van der Waals surface area (Å²) >= 11 is 0. The lowest BCUT2D eigenvalue weighted by Crippen LogP contribution is -2.38. The van der Waals surface area contributed by atoms with E-state index in [1.54, 1.807) is 12.4 Å². The normalized spacial score (nSPS) is 15.0. The first-order valence-electron chi connectivity index (χ1n) is 9.71. The summed E-state index contributed by atoms with van der Waals surface area (Å²) < 4.78 is 9.19. The molecule has 1 N–H and O–H groups in total. The average Bonchev–Trinajstić information content (AvgIpc) is 3.40. The molecule has 0 unspecified atom stereocenters. The molecule has 0 aliphatic carbocycles. The molecule has 0 spiro atoms. The Morgan fingerprint density at radius 3 is 2.79 bits per heavy atom. The topological polar surface area (TPSA) is 85.4 Å². The summed E-state index contributed by atoms with van der Waals surface area (Å²) in [5.74, 6) is 1.22. The Labute approximate surface area is 168 Å². The van der Waals surface area contributed by atoms with Crippen molar-refractivity contribution in [2.45, 2.75) is 6.54 Å². The molecule has 0 atom stereocenters. The molecule has 0 radical (unpaired) electrons. The van der Waals surface area contributed by atoms with E-state index in [4.69, 9.17) is 4.74 Å². The van der Waals surface area contributed by atoms with E-state index in [-0.39, 0.29) is 0 Å². The van der Waals surface area contributed by atoms with Crippen LogP contribution in [-0.2, 0) is 11.3 Å². The Bertz CT molecular complexity index is 1080. The van der Waals surface area contributed by atoms with Crippen molar-refractivity contribution in [2.75, 3.05) is 38.2 Å². The van der Waals surface area contributed by atoms with Gasteiger partial charge in [-0.3, -0.25) is 14.6 Å². The largest absolute Gasteiger partial charge is 0.379 e. The molecular formula is C20H22N8O. The summed E-state index contributed by atoms with van der Waals surface area (Å²) in [6.07, 6.45) is 7.35. The van der Waals surface area contributed by atoms with Gasteiger partial charge in [0.1, 0.15) is 0 Å². The predicted molar refractivity (Wildman–Crippen MR) is 109 cm³/mol. The minimum Gasteiger partial charge on any atom is -0.379 e. The monoisotopic (exact) mass is 390 g/mol. The molecule has 5 heterocycles. The minimum absolute atomic E-state index is 0.497. The zero-order valence-corrected chi connectivity index (χ0v) is 16.0. The van der Waals surface area contributed by atoms with Gasteiger partial charge in [0.25, 0.3) is 0 Å². The zero-order chi connectivity index (χ0) is 19.5. The fourth-order valence-electron chi connectivity index (χ4n) is 3.43. The van der Waals surface area contributed by atoms with Crippen molar-refractivity contribution in [1.29, 1.82) is 0 Å². The second-order valence-corrected chi connectivity index (χ2v) is 6.92. The van der Waals surface area contributed by atoms with Crippen molar-refractivity contribution < 1.29 is 4.74 Å². The van der Waals surface area contributed by atoms with Crippen LogP contribution in [0.25, 0.3) is 16.8 Å². The third kappa shape index (κ3) is 3.96. The van der Waals surface area contributed by atoms with Gasteiger partial charge in [-0.2, -0.15) is 5.10 Å². The lowest BCUT2D eigenvalue weighted by atomic mass is 10.2. The molecule has 9 nitrogen and oxygen atoms in total. The van der Waals surface area contributed by atoms with Crippen LogP contribution in [0.2, 0.25) is 0 Å². The SMILES string of the molecule is c1cncc(-c2ccc3cnc(Nc4ccn(CCN5CCOCC5)n4)nn23)c1. The summed E-state index contributed by atoms with van der Waals surface area (Å²) in [6.45, 7) is 5.39. The highest BCUT2D eigenvalue weighted by Crippen LogP contribution is 2.21. The smallest absolute Gasteiger partial charge is 0.246 e. The van der Waals surface area contributed by atoms with Gasteiger partial charge in [0.15, 0.2) is 5.82 Å². The first kappa shape index (κ1) is 17.8. The molecular weight excluding hydrogens is 368 g/mol. The summed E-state index contributed by atoms with van der Waals surface area (Å²) in [5.41, 5.74) is 2.89. The summed E-state index contributed by atoms with van der Waals surface area (Å²) in [4.78, 5) is 11.0. The van der Waals surface area contributed by atoms with Gasteiger partial charge < -0.3 is 10.1 Å². The number of hydrogen-bond donors (Lipinski definition) is 1. The number of pyridine rings is 1. The van der Waals surface area contributed by atoms with Crippen molar-refractivity contribution >= 4 is 17.3 Å². The van der Waals surface area contributed by atoms with Gasteiger partial charge in [0.05, 0.1) is 37.2 Å². The van der Waals surface area contributed by atoms with E-state index in [0.29, 0.717) is 5.95 Å². The Balaban J connectivity index is 1.30. The van der Waals surface area contributed by atoms with E-state index in [2.05, 4.69) is 30.4 Å². The lowest BCUT2D eigenvalue weighted by molar-refractivity contribution is 0.0360. The highest BCUT2D eigenvalue weighted by Gasteiger charge is 2.11. The van der Waals surface area contributed by atoms with Crippen molar-refractivity contribution in [3.63, 3.8) is 0 Å². The number of fused-ring (bicyclic) bond motifs is 1. The fraction of sp³-hybridized carbons (Fsp3) is 0.300. The number of morpholine rings is 1. The number of rotatable bonds is 6. The molecule has 148 valence electrons. The number of nitrogens with one attached hydrogen (secondary N) is 1. The third-order valence-electron chi connectivity index (χ3n) is 4.99. The van der Waals surface area contributed by atoms with Gasteiger partial charge in [0, 0.05) is 49.9 Å². The maximum absolute atomic E-state index is 5.39. The van der Waals surface area contributed by atoms with E-state index in [1.807, 2.05) is 51.9 Å². The maximum Gasteiger partial charge on any atom is 0.246 e. The molecule has 4 aromatic heterocycles. The number of hydrogen-bond acceptors (Lipinski definition) is 7. The van der Waals surface area contributed by atoms with E-state index < -0.39 is 0 Å². The van der Waals surface area contributed by atoms with E-state index in [0.717, 1.165) is 62.0 Å². The highest BCUT2D eigenvalue weighted by atomic mass is 16.5. The van der Waals surface area contributed by atoms with E-state index >= 15 is 0 Å². The highest BCUT2D eigenvalue weighted by molar-refractivity contribution is 5.65. The van der Waals surface area contributed by atoms with Gasteiger partial charge in [-0.05, 0) is 24.3 Å². The quantitative estimate of drug-likeness (QED) is 0.539. The molecule has 4 aromatic rings. The molecule has 0 amide bonds. The maximum atomic E-state index is 5.39. The number of aromatic nitrogens is 6. The average molecular weight is 390 g/mol. The Hall–Kier alpha value is -3.30. The Kier molecular flexibility index (Phi) is 4.89. The fourth-order valence-corrected chi connectivity index (χ4v) is 3.43. The van der Waals surface area contributed by atoms with Crippen LogP contribution in [0.3, 0.4) is 0 Å². The molecule has 1 aliphatic rings. The Morgan fingerprint density at radius 2 is 1.93 bits per heavy atom. The Morgan fingerprint density at radius 1 is 1.00 bits per heavy atom. The second kappa shape index (κ2) is 7.98. The van der Waals surface area contributed by atoms with Crippen LogP contribution >= 0.6 is 0 Å². The van der Waals surface area contributed by atoms with Crippen molar-refractivity contribution in [3.8, 4) is 11.3 Å². The molecule has 1 aliphatic heterocycles. The van der Waals surface area contributed by atoms with Crippen LogP contribution in [0.1, 0.15) is 0 Å². The molecule has 1 saturated heterocycles. The van der Waals surface area contributed by atoms with E-state index in [9.17, 15) is 0 Å². The van der Waals surface area contributed by atoms with Gasteiger partial charge in [-0.25, -0.2) is 9.50 Å². The van der Waals surface area contributed by atoms with Crippen molar-refractivity contribution in [1.82, 2.24) is 34.3 Å². The predicted octanol–water partition coefficient (Wildman–Crippen LogP) is 2.06. The summed E-state index contributed by atoms with van der Waals surface area (Å²) in [5, 5.41) is 12.4. The first-order chi connectivity index (χ1) is 14.3. The van der Waals surface area contributed by atoms with Crippen LogP contribution in [-0.4, -0.2) is 67.1 Å². The molecule has 29 heavy (non-hydrogen) atoms.